The van der Waals surface area contributed by atoms with Gasteiger partial charge in [0.2, 0.25) is 0 Å². The normalized spacial score (nSPS) is 18.8. The fourth-order valence-electron chi connectivity index (χ4n) is 2.98. The monoisotopic (exact) mass is 335 g/mol. The lowest BCUT2D eigenvalue weighted by Gasteiger charge is -2.17. The highest BCUT2D eigenvalue weighted by Gasteiger charge is 2.30. The van der Waals surface area contributed by atoms with Gasteiger partial charge in [0, 0.05) is 31.4 Å². The Morgan fingerprint density at radius 2 is 1.92 bits per heavy atom. The Morgan fingerprint density at radius 1 is 1.17 bits per heavy atom. The first-order valence-electron chi connectivity index (χ1n) is 7.99. The molecule has 1 unspecified atom stereocenters. The second-order valence-electron chi connectivity index (χ2n) is 6.22. The van der Waals surface area contributed by atoms with Gasteiger partial charge in [-0.1, -0.05) is 18.2 Å². The summed E-state index contributed by atoms with van der Waals surface area (Å²) in [5.41, 5.74) is 1.27. The molecule has 3 rings (SSSR count). The van der Waals surface area contributed by atoms with Crippen LogP contribution in [0.15, 0.2) is 42.5 Å². The quantitative estimate of drug-likeness (QED) is 0.912. The van der Waals surface area contributed by atoms with Crippen LogP contribution in [0.5, 0.6) is 0 Å². The minimum absolute atomic E-state index is 0.314. The molecule has 0 aliphatic carbocycles. The van der Waals surface area contributed by atoms with Gasteiger partial charge in [-0.2, -0.15) is 13.2 Å². The van der Waals surface area contributed by atoms with Crippen LogP contribution in [-0.2, 0) is 12.7 Å². The summed E-state index contributed by atoms with van der Waals surface area (Å²) in [4.78, 5) is 6.69. The van der Waals surface area contributed by atoms with E-state index < -0.39 is 11.7 Å². The number of rotatable bonds is 4. The second-order valence-corrected chi connectivity index (χ2v) is 6.22. The number of hydrogen-bond donors (Lipinski definition) is 1. The van der Waals surface area contributed by atoms with Gasteiger partial charge in [0.25, 0.3) is 0 Å². The zero-order valence-electron chi connectivity index (χ0n) is 13.5. The van der Waals surface area contributed by atoms with Crippen molar-refractivity contribution in [1.82, 2.24) is 9.88 Å². The van der Waals surface area contributed by atoms with Crippen molar-refractivity contribution in [3.63, 3.8) is 0 Å². The first-order chi connectivity index (χ1) is 11.4. The van der Waals surface area contributed by atoms with Crippen LogP contribution in [0, 0.1) is 6.92 Å². The molecule has 3 nitrogen and oxygen atoms in total. The number of benzene rings is 1. The van der Waals surface area contributed by atoms with Gasteiger partial charge in [-0.05, 0) is 43.2 Å². The van der Waals surface area contributed by atoms with Crippen molar-refractivity contribution < 1.29 is 13.2 Å². The Morgan fingerprint density at radius 3 is 2.58 bits per heavy atom. The van der Waals surface area contributed by atoms with Crippen molar-refractivity contribution in [1.29, 1.82) is 0 Å². The van der Waals surface area contributed by atoms with Gasteiger partial charge in [-0.3, -0.25) is 4.90 Å². The average Bonchev–Trinajstić information content (AvgIpc) is 2.94. The summed E-state index contributed by atoms with van der Waals surface area (Å²) in [5.74, 6) is 0.872. The van der Waals surface area contributed by atoms with Gasteiger partial charge in [0.15, 0.2) is 0 Å². The zero-order chi connectivity index (χ0) is 17.2. The van der Waals surface area contributed by atoms with Crippen molar-refractivity contribution >= 4 is 5.82 Å². The van der Waals surface area contributed by atoms with Crippen LogP contribution in [0.3, 0.4) is 0 Å². The summed E-state index contributed by atoms with van der Waals surface area (Å²) < 4.78 is 37.8. The van der Waals surface area contributed by atoms with Gasteiger partial charge in [0.1, 0.15) is 5.82 Å². The summed E-state index contributed by atoms with van der Waals surface area (Å²) in [6, 6.07) is 11.6. The predicted molar refractivity (Wildman–Crippen MR) is 87.7 cm³/mol. The minimum atomic E-state index is -4.28. The highest BCUT2D eigenvalue weighted by atomic mass is 19.4. The third-order valence-electron chi connectivity index (χ3n) is 4.20. The fraction of sp³-hybridized carbons (Fsp3) is 0.389. The van der Waals surface area contributed by atoms with Crippen LogP contribution >= 0.6 is 0 Å². The highest BCUT2D eigenvalue weighted by molar-refractivity contribution is 5.36. The molecule has 1 saturated heterocycles. The molecule has 1 aliphatic rings. The van der Waals surface area contributed by atoms with Gasteiger partial charge < -0.3 is 5.32 Å². The molecule has 0 bridgehead atoms. The van der Waals surface area contributed by atoms with E-state index in [2.05, 4.69) is 15.2 Å². The van der Waals surface area contributed by atoms with E-state index in [1.54, 1.807) is 12.1 Å². The van der Waals surface area contributed by atoms with Crippen molar-refractivity contribution in [2.24, 2.45) is 0 Å². The molecule has 1 aromatic carbocycles. The summed E-state index contributed by atoms with van der Waals surface area (Å²) in [5, 5.41) is 3.42. The van der Waals surface area contributed by atoms with E-state index in [0.717, 1.165) is 48.7 Å². The first-order valence-corrected chi connectivity index (χ1v) is 7.99. The van der Waals surface area contributed by atoms with Crippen LogP contribution in [-0.4, -0.2) is 29.0 Å². The van der Waals surface area contributed by atoms with Gasteiger partial charge in [-0.15, -0.1) is 0 Å². The maximum atomic E-state index is 12.6. The van der Waals surface area contributed by atoms with E-state index in [4.69, 9.17) is 0 Å². The number of nitrogens with one attached hydrogen (secondary N) is 1. The number of aromatic nitrogens is 1. The third kappa shape index (κ3) is 4.26. The number of halogens is 3. The fourth-order valence-corrected chi connectivity index (χ4v) is 2.98. The molecule has 0 amide bonds. The molecule has 6 heteroatoms. The molecule has 1 fully saturated rings. The largest absolute Gasteiger partial charge is 0.416 e. The second kappa shape index (κ2) is 6.81. The Balaban J connectivity index is 1.54. The molecule has 24 heavy (non-hydrogen) atoms. The molecule has 1 aliphatic heterocycles. The van der Waals surface area contributed by atoms with Gasteiger partial charge in [-0.25, -0.2) is 4.98 Å². The van der Waals surface area contributed by atoms with Crippen LogP contribution in [0.2, 0.25) is 0 Å². The number of aryl methyl sites for hydroxylation is 1. The molecule has 2 aromatic rings. The number of alkyl halides is 3. The number of hydrogen-bond acceptors (Lipinski definition) is 3. The Bertz CT molecular complexity index is 683. The number of likely N-dealkylation sites (tertiary alicyclic amines) is 1. The lowest BCUT2D eigenvalue weighted by Crippen LogP contribution is -2.26. The van der Waals surface area contributed by atoms with E-state index in [9.17, 15) is 13.2 Å². The smallest absolute Gasteiger partial charge is 0.366 e. The minimum Gasteiger partial charge on any atom is -0.366 e. The van der Waals surface area contributed by atoms with Crippen molar-refractivity contribution in [2.45, 2.75) is 32.1 Å². The summed E-state index contributed by atoms with van der Waals surface area (Å²) in [6.07, 6.45) is -3.28. The maximum Gasteiger partial charge on any atom is 0.416 e. The van der Waals surface area contributed by atoms with E-state index in [1.807, 2.05) is 25.1 Å². The molecular formula is C18H20F3N3. The van der Waals surface area contributed by atoms with E-state index in [1.165, 1.54) is 0 Å². The number of nitrogens with zero attached hydrogens (tertiary/aromatic N) is 2. The highest BCUT2D eigenvalue weighted by Crippen LogP contribution is 2.29. The summed E-state index contributed by atoms with van der Waals surface area (Å²) in [7, 11) is 0. The zero-order valence-corrected chi connectivity index (χ0v) is 13.5. The molecule has 0 spiro atoms. The Kier molecular flexibility index (Phi) is 4.76. The molecule has 0 radical (unpaired) electrons. The lowest BCUT2D eigenvalue weighted by molar-refractivity contribution is -0.137. The van der Waals surface area contributed by atoms with Crippen molar-refractivity contribution in [3.8, 4) is 0 Å². The molecule has 1 atom stereocenters. The molecule has 2 heterocycles. The predicted octanol–water partition coefficient (Wildman–Crippen LogP) is 4.10. The number of pyridine rings is 1. The van der Waals surface area contributed by atoms with E-state index >= 15 is 0 Å². The Labute approximate surface area is 139 Å². The van der Waals surface area contributed by atoms with E-state index in [-0.39, 0.29) is 0 Å². The number of anilines is 1. The van der Waals surface area contributed by atoms with Gasteiger partial charge >= 0.3 is 6.18 Å². The molecule has 0 saturated carbocycles. The summed E-state index contributed by atoms with van der Waals surface area (Å²) in [6.45, 7) is 4.40. The van der Waals surface area contributed by atoms with Gasteiger partial charge in [0.05, 0.1) is 5.56 Å². The molecule has 128 valence electrons. The molecule has 1 aromatic heterocycles. The molecule has 1 N–H and O–H groups in total. The lowest BCUT2D eigenvalue weighted by atomic mass is 10.1. The Hall–Kier alpha value is -2.08. The van der Waals surface area contributed by atoms with Crippen LogP contribution in [0.1, 0.15) is 23.2 Å². The SMILES string of the molecule is Cc1cccc(NC2CCN(Cc3ccc(C(F)(F)F)cc3)C2)n1. The third-order valence-corrected chi connectivity index (χ3v) is 4.20. The topological polar surface area (TPSA) is 28.2 Å². The van der Waals surface area contributed by atoms with E-state index in [0.29, 0.717) is 12.6 Å². The first kappa shape index (κ1) is 16.8. The maximum absolute atomic E-state index is 12.6. The molecular weight excluding hydrogens is 315 g/mol. The average molecular weight is 335 g/mol. The van der Waals surface area contributed by atoms with Crippen molar-refractivity contribution in [3.05, 3.63) is 59.3 Å². The van der Waals surface area contributed by atoms with Crippen molar-refractivity contribution in [2.75, 3.05) is 18.4 Å². The summed E-state index contributed by atoms with van der Waals surface area (Å²) >= 11 is 0. The van der Waals surface area contributed by atoms with Crippen LogP contribution in [0.25, 0.3) is 0 Å². The van der Waals surface area contributed by atoms with Crippen LogP contribution in [0.4, 0.5) is 19.0 Å². The standard InChI is InChI=1S/C18H20F3N3/c1-13-3-2-4-17(22-13)23-16-9-10-24(12-16)11-14-5-7-15(8-6-14)18(19,20)21/h2-8,16H,9-12H2,1H3,(H,22,23). The van der Waals surface area contributed by atoms with Crippen LogP contribution < -0.4 is 5.32 Å².